The van der Waals surface area contributed by atoms with Gasteiger partial charge >= 0.3 is 0 Å². The molecular formula is C13H23N3O. The number of rotatable bonds is 4. The molecule has 0 aliphatic carbocycles. The van der Waals surface area contributed by atoms with Gasteiger partial charge in [0, 0.05) is 18.0 Å². The lowest BCUT2D eigenvalue weighted by Crippen LogP contribution is -2.28. The van der Waals surface area contributed by atoms with Crippen LogP contribution in [0.5, 0.6) is 0 Å². The Labute approximate surface area is 103 Å². The first-order valence-electron chi connectivity index (χ1n) is 6.20. The Morgan fingerprint density at radius 2 is 2.12 bits per heavy atom. The lowest BCUT2D eigenvalue weighted by molar-refractivity contribution is -0.123. The molecule has 4 nitrogen and oxygen atoms in total. The van der Waals surface area contributed by atoms with E-state index in [1.807, 2.05) is 38.4 Å². The molecule has 96 valence electrons. The van der Waals surface area contributed by atoms with E-state index >= 15 is 0 Å². The second-order valence-electron chi connectivity index (χ2n) is 5.45. The van der Waals surface area contributed by atoms with Crippen LogP contribution >= 0.6 is 0 Å². The number of nitrogens with zero attached hydrogens (tertiary/aromatic N) is 2. The minimum absolute atomic E-state index is 0.0233. The van der Waals surface area contributed by atoms with Gasteiger partial charge < -0.3 is 5.32 Å². The van der Waals surface area contributed by atoms with Gasteiger partial charge in [0.25, 0.3) is 0 Å². The fourth-order valence-corrected chi connectivity index (χ4v) is 1.43. The van der Waals surface area contributed by atoms with Gasteiger partial charge in [-0.1, -0.05) is 34.1 Å². The van der Waals surface area contributed by atoms with Crippen molar-refractivity contribution >= 4 is 11.7 Å². The van der Waals surface area contributed by atoms with Crippen molar-refractivity contribution in [1.82, 2.24) is 9.78 Å². The van der Waals surface area contributed by atoms with Crippen LogP contribution in [0.25, 0.3) is 0 Å². The molecule has 0 saturated heterocycles. The van der Waals surface area contributed by atoms with Crippen LogP contribution in [0, 0.1) is 12.3 Å². The van der Waals surface area contributed by atoms with Gasteiger partial charge in [-0.05, 0) is 13.3 Å². The molecule has 4 heteroatoms. The quantitative estimate of drug-likeness (QED) is 0.875. The van der Waals surface area contributed by atoms with E-state index in [1.165, 1.54) is 0 Å². The normalized spacial score (nSPS) is 11.6. The van der Waals surface area contributed by atoms with Crippen LogP contribution in [0.15, 0.2) is 6.07 Å². The third-order valence-electron chi connectivity index (χ3n) is 2.55. The summed E-state index contributed by atoms with van der Waals surface area (Å²) in [7, 11) is 0. The summed E-state index contributed by atoms with van der Waals surface area (Å²) in [4.78, 5) is 11.9. The maximum atomic E-state index is 11.9. The number of aryl methyl sites for hydroxylation is 2. The molecule has 1 rings (SSSR count). The third kappa shape index (κ3) is 3.88. The Morgan fingerprint density at radius 3 is 2.65 bits per heavy atom. The number of aromatic nitrogens is 2. The van der Waals surface area contributed by atoms with Crippen LogP contribution in [0.2, 0.25) is 0 Å². The number of carbonyl (C=O) groups excluding carboxylic acids is 1. The fourth-order valence-electron chi connectivity index (χ4n) is 1.43. The van der Waals surface area contributed by atoms with E-state index < -0.39 is 0 Å². The molecule has 0 aliphatic rings. The first-order valence-corrected chi connectivity index (χ1v) is 6.20. The van der Waals surface area contributed by atoms with E-state index in [2.05, 4.69) is 17.3 Å². The summed E-state index contributed by atoms with van der Waals surface area (Å²) in [5.41, 5.74) is 0.554. The van der Waals surface area contributed by atoms with Gasteiger partial charge in [-0.3, -0.25) is 4.79 Å². The molecule has 1 aromatic rings. The van der Waals surface area contributed by atoms with Crippen molar-refractivity contribution in [2.24, 2.45) is 5.41 Å². The second kappa shape index (κ2) is 5.34. The zero-order valence-corrected chi connectivity index (χ0v) is 11.5. The third-order valence-corrected chi connectivity index (χ3v) is 2.55. The molecule has 0 saturated carbocycles. The highest BCUT2D eigenvalue weighted by molar-refractivity contribution is 5.93. The summed E-state index contributed by atoms with van der Waals surface area (Å²) in [5.74, 6) is 0.825. The Bertz CT molecular complexity index is 388. The van der Waals surface area contributed by atoms with Crippen LogP contribution < -0.4 is 5.32 Å². The van der Waals surface area contributed by atoms with Crippen molar-refractivity contribution < 1.29 is 4.79 Å². The minimum atomic E-state index is -0.381. The molecule has 0 spiro atoms. The maximum Gasteiger partial charge on any atom is 0.230 e. The second-order valence-corrected chi connectivity index (χ2v) is 5.45. The molecule has 1 amide bonds. The predicted molar refractivity (Wildman–Crippen MR) is 70.0 cm³/mol. The van der Waals surface area contributed by atoms with Crippen LogP contribution in [-0.4, -0.2) is 15.7 Å². The molecule has 1 heterocycles. The zero-order valence-electron chi connectivity index (χ0n) is 11.5. The Morgan fingerprint density at radius 1 is 1.47 bits per heavy atom. The van der Waals surface area contributed by atoms with Crippen molar-refractivity contribution in [1.29, 1.82) is 0 Å². The molecule has 0 aliphatic heterocycles. The number of carbonyl (C=O) groups is 1. The summed E-state index contributed by atoms with van der Waals surface area (Å²) < 4.78 is 1.88. The first-order chi connectivity index (χ1) is 7.84. The van der Waals surface area contributed by atoms with Crippen LogP contribution in [0.1, 0.15) is 46.2 Å². The van der Waals surface area contributed by atoms with Gasteiger partial charge in [-0.2, -0.15) is 5.10 Å². The van der Waals surface area contributed by atoms with E-state index in [0.29, 0.717) is 0 Å². The van der Waals surface area contributed by atoms with E-state index in [1.54, 1.807) is 0 Å². The molecule has 0 aromatic carbocycles. The van der Waals surface area contributed by atoms with Gasteiger partial charge in [-0.15, -0.1) is 0 Å². The Hall–Kier alpha value is -1.32. The number of hydrogen-bond donors (Lipinski definition) is 1. The minimum Gasteiger partial charge on any atom is -0.310 e. The molecule has 17 heavy (non-hydrogen) atoms. The SMILES string of the molecule is CCCCn1nc(C)cc1NC(=O)C(C)(C)C. The van der Waals surface area contributed by atoms with Crippen LogP contribution in [0.3, 0.4) is 0 Å². The van der Waals surface area contributed by atoms with Gasteiger partial charge in [-0.25, -0.2) is 4.68 Å². The predicted octanol–water partition coefficient (Wildman–Crippen LogP) is 2.98. The fraction of sp³-hybridized carbons (Fsp3) is 0.692. The number of anilines is 1. The lowest BCUT2D eigenvalue weighted by atomic mass is 9.96. The molecule has 0 radical (unpaired) electrons. The standard InChI is InChI=1S/C13H23N3O/c1-6-7-8-16-11(9-10(2)15-16)14-12(17)13(3,4)5/h9H,6-8H2,1-5H3,(H,14,17). The number of nitrogens with one attached hydrogen (secondary N) is 1. The zero-order chi connectivity index (χ0) is 13.1. The molecule has 0 bridgehead atoms. The summed E-state index contributed by atoms with van der Waals surface area (Å²) >= 11 is 0. The molecule has 1 N–H and O–H groups in total. The van der Waals surface area contributed by atoms with Crippen molar-refractivity contribution in [3.05, 3.63) is 11.8 Å². The Balaban J connectivity index is 2.79. The van der Waals surface area contributed by atoms with Gasteiger partial charge in [0.05, 0.1) is 5.69 Å². The van der Waals surface area contributed by atoms with E-state index in [-0.39, 0.29) is 11.3 Å². The van der Waals surface area contributed by atoms with Gasteiger partial charge in [0.15, 0.2) is 0 Å². The smallest absolute Gasteiger partial charge is 0.230 e. The number of hydrogen-bond acceptors (Lipinski definition) is 2. The van der Waals surface area contributed by atoms with Crippen LogP contribution in [0.4, 0.5) is 5.82 Å². The average Bonchev–Trinajstić information content (AvgIpc) is 2.54. The Kier molecular flexibility index (Phi) is 4.32. The highest BCUT2D eigenvalue weighted by Crippen LogP contribution is 2.18. The highest BCUT2D eigenvalue weighted by atomic mass is 16.2. The summed E-state index contributed by atoms with van der Waals surface area (Å²) in [5, 5.41) is 7.33. The van der Waals surface area contributed by atoms with Crippen molar-refractivity contribution in [2.75, 3.05) is 5.32 Å². The molecule has 0 fully saturated rings. The van der Waals surface area contributed by atoms with Gasteiger partial charge in [0.2, 0.25) is 5.91 Å². The molecule has 1 aromatic heterocycles. The summed E-state index contributed by atoms with van der Waals surface area (Å²) in [6.07, 6.45) is 2.19. The highest BCUT2D eigenvalue weighted by Gasteiger charge is 2.22. The first kappa shape index (κ1) is 13.7. The van der Waals surface area contributed by atoms with E-state index in [4.69, 9.17) is 0 Å². The number of amides is 1. The largest absolute Gasteiger partial charge is 0.310 e. The van der Waals surface area contributed by atoms with Crippen molar-refractivity contribution in [3.8, 4) is 0 Å². The maximum absolute atomic E-state index is 11.9. The summed E-state index contributed by atoms with van der Waals surface area (Å²) in [6, 6.07) is 1.92. The molecule has 0 unspecified atom stereocenters. The van der Waals surface area contributed by atoms with Crippen molar-refractivity contribution in [2.45, 2.75) is 54.0 Å². The van der Waals surface area contributed by atoms with Gasteiger partial charge in [0.1, 0.15) is 5.82 Å². The topological polar surface area (TPSA) is 46.9 Å². The monoisotopic (exact) mass is 237 g/mol. The molecular weight excluding hydrogens is 214 g/mol. The van der Waals surface area contributed by atoms with E-state index in [9.17, 15) is 4.79 Å². The van der Waals surface area contributed by atoms with E-state index in [0.717, 1.165) is 30.9 Å². The summed E-state index contributed by atoms with van der Waals surface area (Å²) in [6.45, 7) is 10.6. The average molecular weight is 237 g/mol. The number of unbranched alkanes of at least 4 members (excludes halogenated alkanes) is 1. The lowest BCUT2D eigenvalue weighted by Gasteiger charge is -2.18. The van der Waals surface area contributed by atoms with Crippen molar-refractivity contribution in [3.63, 3.8) is 0 Å². The van der Waals surface area contributed by atoms with Crippen LogP contribution in [-0.2, 0) is 11.3 Å². The molecule has 0 atom stereocenters.